The molecule has 1 heterocycles. The molecule has 1 aliphatic rings. The van der Waals surface area contributed by atoms with E-state index in [-0.39, 0.29) is 6.10 Å². The zero-order valence-corrected chi connectivity index (χ0v) is 12.4. The first-order valence-electron chi connectivity index (χ1n) is 7.31. The molecule has 1 aromatic rings. The van der Waals surface area contributed by atoms with Gasteiger partial charge in [-0.05, 0) is 58.0 Å². The van der Waals surface area contributed by atoms with Crippen molar-refractivity contribution in [2.24, 2.45) is 0 Å². The Bertz CT molecular complexity index is 369. The van der Waals surface area contributed by atoms with Crippen molar-refractivity contribution in [3.8, 4) is 5.75 Å². The molecule has 1 N–H and O–H groups in total. The largest absolute Gasteiger partial charge is 0.491 e. The minimum absolute atomic E-state index is 0.238. The van der Waals surface area contributed by atoms with Gasteiger partial charge in [-0.25, -0.2) is 0 Å². The van der Waals surface area contributed by atoms with Crippen molar-refractivity contribution in [3.05, 3.63) is 29.8 Å². The molecule has 0 spiro atoms. The minimum atomic E-state index is 0.238. The zero-order valence-electron chi connectivity index (χ0n) is 12.4. The lowest BCUT2D eigenvalue weighted by atomic mass is 10.2. The first-order chi connectivity index (χ1) is 9.13. The highest BCUT2D eigenvalue weighted by Crippen LogP contribution is 2.15. The summed E-state index contributed by atoms with van der Waals surface area (Å²) in [4.78, 5) is 2.39. The molecule has 2 rings (SSSR count). The lowest BCUT2D eigenvalue weighted by Gasteiger charge is -2.21. The van der Waals surface area contributed by atoms with Crippen molar-refractivity contribution < 1.29 is 4.74 Å². The topological polar surface area (TPSA) is 24.5 Å². The molecule has 19 heavy (non-hydrogen) atoms. The minimum Gasteiger partial charge on any atom is -0.491 e. The molecular weight excluding hydrogens is 236 g/mol. The molecule has 0 bridgehead atoms. The second-order valence-electron chi connectivity index (χ2n) is 5.80. The molecule has 1 aliphatic heterocycles. The summed E-state index contributed by atoms with van der Waals surface area (Å²) in [6.07, 6.45) is 2.87. The summed E-state index contributed by atoms with van der Waals surface area (Å²) in [5.41, 5.74) is 1.34. The summed E-state index contributed by atoms with van der Waals surface area (Å²) in [7, 11) is 2.19. The third-order valence-corrected chi connectivity index (χ3v) is 3.44. The van der Waals surface area contributed by atoms with Crippen LogP contribution in [0.4, 0.5) is 0 Å². The van der Waals surface area contributed by atoms with Gasteiger partial charge in [0.2, 0.25) is 0 Å². The van der Waals surface area contributed by atoms with E-state index in [1.807, 2.05) is 0 Å². The molecule has 3 heteroatoms. The summed E-state index contributed by atoms with van der Waals surface area (Å²) in [5, 5.41) is 3.54. The third kappa shape index (κ3) is 4.84. The highest BCUT2D eigenvalue weighted by atomic mass is 16.5. The van der Waals surface area contributed by atoms with Gasteiger partial charge < -0.3 is 15.0 Å². The average molecular weight is 262 g/mol. The van der Waals surface area contributed by atoms with Gasteiger partial charge in [-0.1, -0.05) is 12.1 Å². The first-order valence-corrected chi connectivity index (χ1v) is 7.31. The average Bonchev–Trinajstić information content (AvgIpc) is 2.83. The van der Waals surface area contributed by atoms with E-state index >= 15 is 0 Å². The molecule has 1 atom stereocenters. The molecule has 106 valence electrons. The van der Waals surface area contributed by atoms with Gasteiger partial charge in [-0.2, -0.15) is 0 Å². The molecule has 3 nitrogen and oxygen atoms in total. The molecule has 1 saturated heterocycles. The fourth-order valence-electron chi connectivity index (χ4n) is 2.61. The summed E-state index contributed by atoms with van der Waals surface area (Å²) < 4.78 is 5.66. The quantitative estimate of drug-likeness (QED) is 0.853. The third-order valence-electron chi connectivity index (χ3n) is 3.44. The van der Waals surface area contributed by atoms with Crippen LogP contribution in [0.15, 0.2) is 24.3 Å². The molecule has 1 aromatic carbocycles. The Hall–Kier alpha value is -1.06. The van der Waals surface area contributed by atoms with Crippen molar-refractivity contribution in [1.82, 2.24) is 10.2 Å². The van der Waals surface area contributed by atoms with Gasteiger partial charge >= 0.3 is 0 Å². The summed E-state index contributed by atoms with van der Waals surface area (Å²) in [6.45, 7) is 7.41. The number of hydrogen-bond acceptors (Lipinski definition) is 3. The molecule has 0 saturated carbocycles. The van der Waals surface area contributed by atoms with E-state index in [0.717, 1.165) is 18.8 Å². The Morgan fingerprint density at radius 2 is 2.05 bits per heavy atom. The number of hydrogen-bond donors (Lipinski definition) is 1. The van der Waals surface area contributed by atoms with Gasteiger partial charge in [0, 0.05) is 19.1 Å². The van der Waals surface area contributed by atoms with Crippen LogP contribution in [0.2, 0.25) is 0 Å². The summed E-state index contributed by atoms with van der Waals surface area (Å²) in [6, 6.07) is 9.13. The number of rotatable bonds is 6. The molecule has 1 fully saturated rings. The summed E-state index contributed by atoms with van der Waals surface area (Å²) >= 11 is 0. The first kappa shape index (κ1) is 14.4. The number of ether oxygens (including phenoxy) is 1. The van der Waals surface area contributed by atoms with E-state index < -0.39 is 0 Å². The predicted molar refractivity (Wildman–Crippen MR) is 79.6 cm³/mol. The fourth-order valence-corrected chi connectivity index (χ4v) is 2.61. The second-order valence-corrected chi connectivity index (χ2v) is 5.80. The van der Waals surface area contributed by atoms with Crippen LogP contribution in [-0.4, -0.2) is 37.2 Å². The number of nitrogens with one attached hydrogen (secondary N) is 1. The second kappa shape index (κ2) is 6.92. The Morgan fingerprint density at radius 3 is 2.63 bits per heavy atom. The molecule has 0 amide bonds. The molecule has 0 radical (unpaired) electrons. The lowest BCUT2D eigenvalue weighted by Crippen LogP contribution is -2.34. The van der Waals surface area contributed by atoms with E-state index in [9.17, 15) is 0 Å². The van der Waals surface area contributed by atoms with Crippen molar-refractivity contribution in [2.45, 2.75) is 45.4 Å². The van der Waals surface area contributed by atoms with Crippen LogP contribution in [0.3, 0.4) is 0 Å². The van der Waals surface area contributed by atoms with Crippen LogP contribution >= 0.6 is 0 Å². The van der Waals surface area contributed by atoms with Crippen LogP contribution < -0.4 is 10.1 Å². The monoisotopic (exact) mass is 262 g/mol. The Kier molecular flexibility index (Phi) is 5.23. The van der Waals surface area contributed by atoms with E-state index in [4.69, 9.17) is 4.74 Å². The van der Waals surface area contributed by atoms with Gasteiger partial charge in [0.1, 0.15) is 5.75 Å². The van der Waals surface area contributed by atoms with Gasteiger partial charge in [0.15, 0.2) is 0 Å². The molecular formula is C16H26N2O. The van der Waals surface area contributed by atoms with Crippen molar-refractivity contribution in [1.29, 1.82) is 0 Å². The number of nitrogens with zero attached hydrogens (tertiary/aromatic N) is 1. The van der Waals surface area contributed by atoms with Gasteiger partial charge in [0.25, 0.3) is 0 Å². The Morgan fingerprint density at radius 1 is 1.32 bits per heavy atom. The molecule has 0 aliphatic carbocycles. The van der Waals surface area contributed by atoms with Crippen molar-refractivity contribution in [3.63, 3.8) is 0 Å². The van der Waals surface area contributed by atoms with Crippen molar-refractivity contribution >= 4 is 0 Å². The van der Waals surface area contributed by atoms with Crippen LogP contribution in [0.1, 0.15) is 32.3 Å². The van der Waals surface area contributed by atoms with Gasteiger partial charge in [0.05, 0.1) is 6.10 Å². The number of likely N-dealkylation sites (N-methyl/N-ethyl adjacent to an activating group) is 1. The predicted octanol–water partition coefficient (Wildman–Crippen LogP) is 2.66. The maximum atomic E-state index is 5.66. The highest BCUT2D eigenvalue weighted by Gasteiger charge is 2.15. The number of benzene rings is 1. The van der Waals surface area contributed by atoms with Crippen LogP contribution in [0.5, 0.6) is 5.75 Å². The van der Waals surface area contributed by atoms with Crippen molar-refractivity contribution in [2.75, 3.05) is 20.1 Å². The summed E-state index contributed by atoms with van der Waals surface area (Å²) in [5.74, 6) is 0.957. The normalized spacial score (nSPS) is 19.3. The zero-order chi connectivity index (χ0) is 13.7. The van der Waals surface area contributed by atoms with E-state index in [1.165, 1.54) is 24.9 Å². The van der Waals surface area contributed by atoms with Gasteiger partial charge in [-0.15, -0.1) is 0 Å². The lowest BCUT2D eigenvalue weighted by molar-refractivity contribution is 0.242. The van der Waals surface area contributed by atoms with E-state index in [0.29, 0.717) is 6.04 Å². The standard InChI is InChI=1S/C16H26N2O/c1-13(2)19-16-8-6-14(7-9-16)11-18(3)12-15-5-4-10-17-15/h6-9,13,15,17H,4-5,10-12H2,1-3H3. The fraction of sp³-hybridized carbons (Fsp3) is 0.625. The maximum absolute atomic E-state index is 5.66. The van der Waals surface area contributed by atoms with Crippen LogP contribution in [0.25, 0.3) is 0 Å². The van der Waals surface area contributed by atoms with Gasteiger partial charge in [-0.3, -0.25) is 0 Å². The maximum Gasteiger partial charge on any atom is 0.119 e. The molecule has 1 unspecified atom stereocenters. The smallest absolute Gasteiger partial charge is 0.119 e. The van der Waals surface area contributed by atoms with E-state index in [1.54, 1.807) is 0 Å². The van der Waals surface area contributed by atoms with Crippen LogP contribution in [0, 0.1) is 0 Å². The Labute approximate surface area is 116 Å². The SMILES string of the molecule is CC(C)Oc1ccc(CN(C)CC2CCCN2)cc1. The highest BCUT2D eigenvalue weighted by molar-refractivity contribution is 5.27. The molecule has 0 aromatic heterocycles. The Balaban J connectivity index is 1.81. The van der Waals surface area contributed by atoms with Crippen LogP contribution in [-0.2, 0) is 6.54 Å². The van der Waals surface area contributed by atoms with E-state index in [2.05, 4.69) is 55.4 Å².